The lowest BCUT2D eigenvalue weighted by Gasteiger charge is -2.58. The SMILES string of the molecule is CCCNC(=O)N1[C@@H]2CN(C(=O)C3CC3)c3ccccc3[C@@H]2[C@@H]1CO. The van der Waals surface area contributed by atoms with E-state index in [0.29, 0.717) is 13.1 Å². The molecule has 3 amide bonds. The molecular weight excluding hydrogens is 318 g/mol. The molecule has 134 valence electrons. The molecule has 2 fully saturated rings. The summed E-state index contributed by atoms with van der Waals surface area (Å²) in [5.74, 6) is 0.407. The number of hydrogen-bond donors (Lipinski definition) is 2. The molecule has 2 N–H and O–H groups in total. The molecule has 0 bridgehead atoms. The Hall–Kier alpha value is -2.08. The Kier molecular flexibility index (Phi) is 4.15. The number of rotatable bonds is 4. The zero-order valence-corrected chi connectivity index (χ0v) is 14.5. The third-order valence-electron chi connectivity index (χ3n) is 5.64. The fraction of sp³-hybridized carbons (Fsp3) is 0.579. The van der Waals surface area contributed by atoms with Crippen molar-refractivity contribution in [3.8, 4) is 0 Å². The highest BCUT2D eigenvalue weighted by Crippen LogP contribution is 2.49. The van der Waals surface area contributed by atoms with Crippen molar-refractivity contribution in [2.24, 2.45) is 5.92 Å². The van der Waals surface area contributed by atoms with E-state index in [1.165, 1.54) is 0 Å². The molecule has 3 atom stereocenters. The molecule has 25 heavy (non-hydrogen) atoms. The summed E-state index contributed by atoms with van der Waals surface area (Å²) in [5, 5.41) is 12.8. The number of anilines is 1. The number of amides is 3. The maximum Gasteiger partial charge on any atom is 0.318 e. The first kappa shape index (κ1) is 16.4. The minimum Gasteiger partial charge on any atom is -0.394 e. The molecule has 4 rings (SSSR count). The second-order valence-electron chi connectivity index (χ2n) is 7.26. The topological polar surface area (TPSA) is 72.9 Å². The maximum absolute atomic E-state index is 12.8. The number of hydrogen-bond acceptors (Lipinski definition) is 3. The van der Waals surface area contributed by atoms with Gasteiger partial charge in [0.15, 0.2) is 0 Å². The Morgan fingerprint density at radius 2 is 2.04 bits per heavy atom. The van der Waals surface area contributed by atoms with Crippen LogP contribution in [0.15, 0.2) is 24.3 Å². The van der Waals surface area contributed by atoms with E-state index >= 15 is 0 Å². The van der Waals surface area contributed by atoms with Crippen LogP contribution in [0, 0.1) is 5.92 Å². The van der Waals surface area contributed by atoms with Gasteiger partial charge in [0.1, 0.15) is 0 Å². The Morgan fingerprint density at radius 3 is 2.72 bits per heavy atom. The van der Waals surface area contributed by atoms with Gasteiger partial charge in [0.2, 0.25) is 5.91 Å². The van der Waals surface area contributed by atoms with Crippen molar-refractivity contribution in [1.29, 1.82) is 0 Å². The second-order valence-corrected chi connectivity index (χ2v) is 7.26. The molecule has 0 radical (unpaired) electrons. The lowest BCUT2D eigenvalue weighted by Crippen LogP contribution is -2.72. The summed E-state index contributed by atoms with van der Waals surface area (Å²) < 4.78 is 0. The number of carbonyl (C=O) groups is 2. The molecular formula is C19H25N3O3. The monoisotopic (exact) mass is 343 g/mol. The molecule has 0 aromatic heterocycles. The van der Waals surface area contributed by atoms with Gasteiger partial charge in [-0.25, -0.2) is 4.79 Å². The fourth-order valence-corrected chi connectivity index (χ4v) is 4.25. The van der Waals surface area contributed by atoms with Gasteiger partial charge in [-0.3, -0.25) is 4.79 Å². The normalized spacial score (nSPS) is 27.2. The zero-order chi connectivity index (χ0) is 17.6. The standard InChI is InChI=1S/C19H25N3O3/c1-2-9-20-19(25)22-15-10-21(18(24)12-7-8-12)14-6-4-3-5-13(14)17(15)16(22)11-23/h3-6,12,15-17,23H,2,7-11H2,1H3,(H,20,25)/t15-,16+,17+/m1/s1. The van der Waals surface area contributed by atoms with Crippen molar-refractivity contribution in [2.45, 2.75) is 44.2 Å². The van der Waals surface area contributed by atoms with Crippen LogP contribution < -0.4 is 10.2 Å². The van der Waals surface area contributed by atoms with Crippen LogP contribution in [0.1, 0.15) is 37.7 Å². The Balaban J connectivity index is 1.65. The lowest BCUT2D eigenvalue weighted by molar-refractivity contribution is -0.120. The molecule has 0 spiro atoms. The quantitative estimate of drug-likeness (QED) is 0.874. The highest BCUT2D eigenvalue weighted by atomic mass is 16.3. The summed E-state index contributed by atoms with van der Waals surface area (Å²) in [4.78, 5) is 28.9. The van der Waals surface area contributed by atoms with Crippen LogP contribution in [0.3, 0.4) is 0 Å². The Bertz CT molecular complexity index is 688. The molecule has 2 heterocycles. The molecule has 1 aliphatic carbocycles. The predicted molar refractivity (Wildman–Crippen MR) is 94.5 cm³/mol. The van der Waals surface area contributed by atoms with Gasteiger partial charge in [-0.05, 0) is 30.9 Å². The molecule has 6 nitrogen and oxygen atoms in total. The smallest absolute Gasteiger partial charge is 0.318 e. The van der Waals surface area contributed by atoms with Crippen LogP contribution in [0.5, 0.6) is 0 Å². The van der Waals surface area contributed by atoms with Crippen molar-refractivity contribution < 1.29 is 14.7 Å². The van der Waals surface area contributed by atoms with Gasteiger partial charge in [0.05, 0.1) is 18.7 Å². The minimum atomic E-state index is -0.221. The average Bonchev–Trinajstić information content (AvgIpc) is 3.45. The lowest BCUT2D eigenvalue weighted by atomic mass is 9.72. The van der Waals surface area contributed by atoms with E-state index in [1.807, 2.05) is 36.1 Å². The first-order chi connectivity index (χ1) is 12.2. The van der Waals surface area contributed by atoms with Crippen LogP contribution in [-0.2, 0) is 4.79 Å². The van der Waals surface area contributed by atoms with Crippen LogP contribution in [0.4, 0.5) is 10.5 Å². The average molecular weight is 343 g/mol. The fourth-order valence-electron chi connectivity index (χ4n) is 4.25. The van der Waals surface area contributed by atoms with Gasteiger partial charge in [-0.15, -0.1) is 0 Å². The number of aliphatic hydroxyl groups excluding tert-OH is 1. The van der Waals surface area contributed by atoms with E-state index in [2.05, 4.69) is 5.32 Å². The van der Waals surface area contributed by atoms with Crippen molar-refractivity contribution in [3.05, 3.63) is 29.8 Å². The molecule has 1 aromatic carbocycles. The number of carbonyl (C=O) groups excluding carboxylic acids is 2. The predicted octanol–water partition coefficient (Wildman–Crippen LogP) is 1.69. The number of fused-ring (bicyclic) bond motifs is 3. The number of likely N-dealkylation sites (tertiary alicyclic amines) is 1. The van der Waals surface area contributed by atoms with Crippen molar-refractivity contribution in [2.75, 3.05) is 24.6 Å². The van der Waals surface area contributed by atoms with E-state index in [1.54, 1.807) is 4.90 Å². The molecule has 1 saturated heterocycles. The zero-order valence-electron chi connectivity index (χ0n) is 14.5. The van der Waals surface area contributed by atoms with Crippen LogP contribution >= 0.6 is 0 Å². The first-order valence-electron chi connectivity index (χ1n) is 9.24. The minimum absolute atomic E-state index is 0.0633. The van der Waals surface area contributed by atoms with Crippen LogP contribution in [0.25, 0.3) is 0 Å². The summed E-state index contributed by atoms with van der Waals surface area (Å²) in [6, 6.07) is 7.51. The van der Waals surface area contributed by atoms with E-state index < -0.39 is 0 Å². The van der Waals surface area contributed by atoms with Gasteiger partial charge in [0, 0.05) is 30.6 Å². The summed E-state index contributed by atoms with van der Waals surface area (Å²) in [6.07, 6.45) is 2.80. The largest absolute Gasteiger partial charge is 0.394 e. The number of urea groups is 1. The highest BCUT2D eigenvalue weighted by Gasteiger charge is 2.55. The first-order valence-corrected chi connectivity index (χ1v) is 9.24. The molecule has 3 aliphatic rings. The van der Waals surface area contributed by atoms with E-state index in [0.717, 1.165) is 30.5 Å². The Labute approximate surface area is 147 Å². The number of aliphatic hydroxyl groups is 1. The number of benzene rings is 1. The van der Waals surface area contributed by atoms with E-state index in [-0.39, 0.29) is 42.5 Å². The number of para-hydroxylation sites is 1. The molecule has 6 heteroatoms. The molecule has 2 aliphatic heterocycles. The number of nitrogens with zero attached hydrogens (tertiary/aromatic N) is 2. The summed E-state index contributed by atoms with van der Waals surface area (Å²) in [5.41, 5.74) is 2.03. The second kappa shape index (κ2) is 6.33. The summed E-state index contributed by atoms with van der Waals surface area (Å²) in [7, 11) is 0. The van der Waals surface area contributed by atoms with Crippen LogP contribution in [-0.4, -0.2) is 53.7 Å². The van der Waals surface area contributed by atoms with Gasteiger partial charge in [0.25, 0.3) is 0 Å². The third-order valence-corrected chi connectivity index (χ3v) is 5.64. The summed E-state index contributed by atoms with van der Waals surface area (Å²) >= 11 is 0. The van der Waals surface area contributed by atoms with Gasteiger partial charge in [-0.1, -0.05) is 25.1 Å². The van der Waals surface area contributed by atoms with Gasteiger partial charge < -0.3 is 20.2 Å². The van der Waals surface area contributed by atoms with Crippen LogP contribution in [0.2, 0.25) is 0 Å². The van der Waals surface area contributed by atoms with Gasteiger partial charge in [-0.2, -0.15) is 0 Å². The third kappa shape index (κ3) is 2.59. The van der Waals surface area contributed by atoms with Gasteiger partial charge >= 0.3 is 6.03 Å². The molecule has 0 unspecified atom stereocenters. The Morgan fingerprint density at radius 1 is 1.28 bits per heavy atom. The van der Waals surface area contributed by atoms with E-state index in [9.17, 15) is 14.7 Å². The highest BCUT2D eigenvalue weighted by molar-refractivity contribution is 5.98. The van der Waals surface area contributed by atoms with Crippen molar-refractivity contribution >= 4 is 17.6 Å². The maximum atomic E-state index is 12.8. The summed E-state index contributed by atoms with van der Waals surface area (Å²) in [6.45, 7) is 3.08. The van der Waals surface area contributed by atoms with E-state index in [4.69, 9.17) is 0 Å². The molecule has 1 saturated carbocycles. The molecule has 1 aromatic rings. The van der Waals surface area contributed by atoms with Crippen molar-refractivity contribution in [3.63, 3.8) is 0 Å². The van der Waals surface area contributed by atoms with Crippen molar-refractivity contribution in [1.82, 2.24) is 10.2 Å². The number of nitrogens with one attached hydrogen (secondary N) is 1.